The SMILES string of the molecule is N#Cc1ccc(NC(=O)c2cccc(F)n2)cc1. The highest BCUT2D eigenvalue weighted by molar-refractivity contribution is 6.02. The molecule has 1 aromatic heterocycles. The van der Waals surface area contributed by atoms with Gasteiger partial charge in [-0.15, -0.1) is 0 Å². The largest absolute Gasteiger partial charge is 0.321 e. The van der Waals surface area contributed by atoms with Crippen molar-refractivity contribution in [2.24, 2.45) is 0 Å². The summed E-state index contributed by atoms with van der Waals surface area (Å²) in [6, 6.07) is 12.3. The minimum atomic E-state index is -0.706. The number of aromatic nitrogens is 1. The van der Waals surface area contributed by atoms with E-state index in [0.29, 0.717) is 11.3 Å². The van der Waals surface area contributed by atoms with Gasteiger partial charge in [-0.2, -0.15) is 9.65 Å². The molecule has 0 aliphatic heterocycles. The highest BCUT2D eigenvalue weighted by Gasteiger charge is 2.08. The van der Waals surface area contributed by atoms with E-state index < -0.39 is 11.9 Å². The maximum Gasteiger partial charge on any atom is 0.274 e. The monoisotopic (exact) mass is 241 g/mol. The number of carbonyl (C=O) groups is 1. The second-order valence-corrected chi connectivity index (χ2v) is 3.49. The summed E-state index contributed by atoms with van der Waals surface area (Å²) in [5.41, 5.74) is 1.02. The first-order valence-electron chi connectivity index (χ1n) is 5.13. The van der Waals surface area contributed by atoms with Crippen molar-refractivity contribution in [1.82, 2.24) is 4.98 Å². The van der Waals surface area contributed by atoms with Crippen LogP contribution in [0.5, 0.6) is 0 Å². The molecule has 0 radical (unpaired) electrons. The van der Waals surface area contributed by atoms with Crippen LogP contribution < -0.4 is 5.32 Å². The Bertz CT molecular complexity index is 617. The molecular weight excluding hydrogens is 233 g/mol. The smallest absolute Gasteiger partial charge is 0.274 e. The number of hydrogen-bond acceptors (Lipinski definition) is 3. The molecule has 88 valence electrons. The number of hydrogen-bond donors (Lipinski definition) is 1. The quantitative estimate of drug-likeness (QED) is 0.820. The minimum Gasteiger partial charge on any atom is -0.321 e. The van der Waals surface area contributed by atoms with Crippen LogP contribution in [0.4, 0.5) is 10.1 Å². The molecule has 1 heterocycles. The van der Waals surface area contributed by atoms with Crippen molar-refractivity contribution in [2.45, 2.75) is 0 Å². The topological polar surface area (TPSA) is 65.8 Å². The number of rotatable bonds is 2. The molecule has 0 spiro atoms. The van der Waals surface area contributed by atoms with Crippen molar-refractivity contribution in [3.63, 3.8) is 0 Å². The molecule has 0 fully saturated rings. The van der Waals surface area contributed by atoms with Crippen molar-refractivity contribution in [3.8, 4) is 6.07 Å². The first-order chi connectivity index (χ1) is 8.69. The normalized spacial score (nSPS) is 9.56. The number of amides is 1. The average Bonchev–Trinajstić information content (AvgIpc) is 2.39. The summed E-state index contributed by atoms with van der Waals surface area (Å²) < 4.78 is 12.8. The van der Waals surface area contributed by atoms with E-state index in [1.54, 1.807) is 24.3 Å². The molecule has 18 heavy (non-hydrogen) atoms. The van der Waals surface area contributed by atoms with Crippen LogP contribution in [0.25, 0.3) is 0 Å². The van der Waals surface area contributed by atoms with Crippen molar-refractivity contribution < 1.29 is 9.18 Å². The summed E-state index contributed by atoms with van der Waals surface area (Å²) in [6.45, 7) is 0. The summed E-state index contributed by atoms with van der Waals surface area (Å²) in [7, 11) is 0. The Labute approximate surface area is 103 Å². The van der Waals surface area contributed by atoms with E-state index in [0.717, 1.165) is 0 Å². The molecular formula is C13H8FN3O. The van der Waals surface area contributed by atoms with Crippen molar-refractivity contribution >= 4 is 11.6 Å². The molecule has 2 aromatic rings. The fourth-order valence-electron chi connectivity index (χ4n) is 1.36. The molecule has 1 N–H and O–H groups in total. The van der Waals surface area contributed by atoms with Gasteiger partial charge in [0.2, 0.25) is 5.95 Å². The van der Waals surface area contributed by atoms with Gasteiger partial charge >= 0.3 is 0 Å². The molecule has 5 heteroatoms. The third-order valence-corrected chi connectivity index (χ3v) is 2.22. The Balaban J connectivity index is 2.14. The summed E-state index contributed by atoms with van der Waals surface area (Å²) >= 11 is 0. The van der Waals surface area contributed by atoms with Gasteiger partial charge in [-0.1, -0.05) is 6.07 Å². The lowest BCUT2D eigenvalue weighted by Gasteiger charge is -2.04. The standard InChI is InChI=1S/C13H8FN3O/c14-12-3-1-2-11(17-12)13(18)16-10-6-4-9(8-15)5-7-10/h1-7H,(H,16,18). The van der Waals surface area contributed by atoms with E-state index in [2.05, 4.69) is 10.3 Å². The number of anilines is 1. The van der Waals surface area contributed by atoms with E-state index in [1.807, 2.05) is 6.07 Å². The van der Waals surface area contributed by atoms with E-state index in [1.165, 1.54) is 18.2 Å². The van der Waals surface area contributed by atoms with Crippen LogP contribution in [0.2, 0.25) is 0 Å². The lowest BCUT2D eigenvalue weighted by atomic mass is 10.2. The molecule has 0 aliphatic rings. The van der Waals surface area contributed by atoms with Gasteiger partial charge in [0, 0.05) is 5.69 Å². The Morgan fingerprint density at radius 1 is 1.22 bits per heavy atom. The number of nitriles is 1. The molecule has 0 unspecified atom stereocenters. The summed E-state index contributed by atoms with van der Waals surface area (Å²) in [4.78, 5) is 15.2. The fraction of sp³-hybridized carbons (Fsp3) is 0. The van der Waals surface area contributed by atoms with Crippen LogP contribution in [0.15, 0.2) is 42.5 Å². The molecule has 0 bridgehead atoms. The second kappa shape index (κ2) is 5.06. The third kappa shape index (κ3) is 2.68. The average molecular weight is 241 g/mol. The summed E-state index contributed by atoms with van der Waals surface area (Å²) in [5.74, 6) is -1.21. The van der Waals surface area contributed by atoms with Gasteiger partial charge in [0.25, 0.3) is 5.91 Å². The number of nitrogens with zero attached hydrogens (tertiary/aromatic N) is 2. The van der Waals surface area contributed by atoms with Crippen LogP contribution in [0.3, 0.4) is 0 Å². The number of pyridine rings is 1. The third-order valence-electron chi connectivity index (χ3n) is 2.22. The number of benzene rings is 1. The molecule has 2 rings (SSSR count). The first-order valence-corrected chi connectivity index (χ1v) is 5.13. The van der Waals surface area contributed by atoms with Crippen molar-refractivity contribution in [2.75, 3.05) is 5.32 Å². The maximum atomic E-state index is 12.8. The van der Waals surface area contributed by atoms with E-state index in [4.69, 9.17) is 5.26 Å². The molecule has 0 aliphatic carbocycles. The first kappa shape index (κ1) is 11.7. The van der Waals surface area contributed by atoms with Crippen LogP contribution in [-0.2, 0) is 0 Å². The second-order valence-electron chi connectivity index (χ2n) is 3.49. The van der Waals surface area contributed by atoms with Gasteiger partial charge in [0.1, 0.15) is 5.69 Å². The molecule has 0 saturated carbocycles. The number of halogens is 1. The van der Waals surface area contributed by atoms with Crippen molar-refractivity contribution in [1.29, 1.82) is 5.26 Å². The van der Waals surface area contributed by atoms with Gasteiger partial charge in [0.15, 0.2) is 0 Å². The van der Waals surface area contributed by atoms with Gasteiger partial charge in [0.05, 0.1) is 11.6 Å². The number of carbonyl (C=O) groups excluding carboxylic acids is 1. The van der Waals surface area contributed by atoms with Crippen LogP contribution >= 0.6 is 0 Å². The van der Waals surface area contributed by atoms with Gasteiger partial charge in [-0.05, 0) is 36.4 Å². The summed E-state index contributed by atoms with van der Waals surface area (Å²) in [6.07, 6.45) is 0. The summed E-state index contributed by atoms with van der Waals surface area (Å²) in [5, 5.41) is 11.2. The minimum absolute atomic E-state index is 0.000593. The van der Waals surface area contributed by atoms with E-state index in [9.17, 15) is 9.18 Å². The Hall–Kier alpha value is -2.74. The van der Waals surface area contributed by atoms with E-state index in [-0.39, 0.29) is 5.69 Å². The lowest BCUT2D eigenvalue weighted by molar-refractivity contribution is 0.102. The maximum absolute atomic E-state index is 12.8. The number of nitrogens with one attached hydrogen (secondary N) is 1. The van der Waals surface area contributed by atoms with Crippen molar-refractivity contribution in [3.05, 3.63) is 59.7 Å². The lowest BCUT2D eigenvalue weighted by Crippen LogP contribution is -2.14. The highest BCUT2D eigenvalue weighted by Crippen LogP contribution is 2.10. The zero-order valence-corrected chi connectivity index (χ0v) is 9.22. The molecule has 1 aromatic carbocycles. The Kier molecular flexibility index (Phi) is 3.30. The Morgan fingerprint density at radius 3 is 2.56 bits per heavy atom. The predicted molar refractivity (Wildman–Crippen MR) is 63.3 cm³/mol. The Morgan fingerprint density at radius 2 is 1.94 bits per heavy atom. The highest BCUT2D eigenvalue weighted by atomic mass is 19.1. The van der Waals surface area contributed by atoms with Gasteiger partial charge in [-0.3, -0.25) is 4.79 Å². The van der Waals surface area contributed by atoms with E-state index >= 15 is 0 Å². The zero-order valence-electron chi connectivity index (χ0n) is 9.22. The molecule has 4 nitrogen and oxygen atoms in total. The zero-order chi connectivity index (χ0) is 13.0. The van der Waals surface area contributed by atoms with Gasteiger partial charge < -0.3 is 5.32 Å². The molecule has 0 saturated heterocycles. The van der Waals surface area contributed by atoms with Crippen LogP contribution in [0, 0.1) is 17.3 Å². The predicted octanol–water partition coefficient (Wildman–Crippen LogP) is 2.34. The molecule has 0 atom stereocenters. The van der Waals surface area contributed by atoms with Crippen LogP contribution in [-0.4, -0.2) is 10.9 Å². The molecule has 1 amide bonds. The van der Waals surface area contributed by atoms with Crippen LogP contribution in [0.1, 0.15) is 16.1 Å². The fourth-order valence-corrected chi connectivity index (χ4v) is 1.36. The van der Waals surface area contributed by atoms with Gasteiger partial charge in [-0.25, -0.2) is 4.98 Å².